The molecule has 0 bridgehead atoms. The fourth-order valence-electron chi connectivity index (χ4n) is 0.888. The van der Waals surface area contributed by atoms with Crippen LogP contribution in [0.4, 0.5) is 4.39 Å². The van der Waals surface area contributed by atoms with Crippen LogP contribution in [0.3, 0.4) is 0 Å². The van der Waals surface area contributed by atoms with Crippen LogP contribution < -0.4 is 4.74 Å². The summed E-state index contributed by atoms with van der Waals surface area (Å²) >= 11 is 0. The fraction of sp³-hybridized carbons (Fsp3) is 0.333. The highest BCUT2D eigenvalue weighted by Gasteiger charge is 1.99. The number of aromatic nitrogens is 1. The van der Waals surface area contributed by atoms with E-state index < -0.39 is 11.9 Å². The lowest BCUT2D eigenvalue weighted by Gasteiger charge is -2.03. The number of pyridine rings is 1. The number of nitrogens with zero attached hydrogens (tertiary/aromatic N) is 1. The first kappa shape index (κ1) is 10.4. The Hall–Kier alpha value is -1.65. The minimum absolute atomic E-state index is 0.0492. The van der Waals surface area contributed by atoms with Crippen LogP contribution in [0.1, 0.15) is 12.8 Å². The van der Waals surface area contributed by atoms with Crippen LogP contribution in [0.15, 0.2) is 18.3 Å². The van der Waals surface area contributed by atoms with Gasteiger partial charge in [0.15, 0.2) is 0 Å². The molecule has 1 N–H and O–H groups in total. The predicted molar refractivity (Wildman–Crippen MR) is 46.6 cm³/mol. The van der Waals surface area contributed by atoms with Crippen molar-refractivity contribution in [3.8, 4) is 5.75 Å². The van der Waals surface area contributed by atoms with E-state index in [2.05, 4.69) is 4.98 Å². The van der Waals surface area contributed by atoms with E-state index in [-0.39, 0.29) is 13.0 Å². The fourth-order valence-corrected chi connectivity index (χ4v) is 0.888. The van der Waals surface area contributed by atoms with E-state index in [1.54, 1.807) is 0 Å². The summed E-state index contributed by atoms with van der Waals surface area (Å²) in [6.45, 7) is 0.260. The average molecular weight is 199 g/mol. The number of carboxylic acid groups (broad SMARTS) is 1. The Labute approximate surface area is 80.3 Å². The summed E-state index contributed by atoms with van der Waals surface area (Å²) in [5, 5.41) is 8.33. The van der Waals surface area contributed by atoms with Gasteiger partial charge < -0.3 is 9.84 Å². The third-order valence-electron chi connectivity index (χ3n) is 1.50. The summed E-state index contributed by atoms with van der Waals surface area (Å²) in [5.41, 5.74) is 0. The minimum Gasteiger partial charge on any atom is -0.493 e. The van der Waals surface area contributed by atoms with Crippen LogP contribution in [-0.4, -0.2) is 22.7 Å². The van der Waals surface area contributed by atoms with Gasteiger partial charge >= 0.3 is 5.97 Å². The molecule has 0 fully saturated rings. The quantitative estimate of drug-likeness (QED) is 0.576. The number of hydrogen-bond donors (Lipinski definition) is 1. The molecule has 0 spiro atoms. The van der Waals surface area contributed by atoms with Crippen molar-refractivity contribution in [1.29, 1.82) is 0 Å². The Morgan fingerprint density at radius 2 is 2.43 bits per heavy atom. The molecular weight excluding hydrogens is 189 g/mol. The number of carbonyl (C=O) groups is 1. The maximum absolute atomic E-state index is 12.5. The molecule has 4 nitrogen and oxygen atoms in total. The standard InChI is InChI=1S/C9H10FNO3/c10-8-6-7(3-4-11-8)14-5-1-2-9(12)13/h3-4,6H,1-2,5H2,(H,12,13). The Morgan fingerprint density at radius 1 is 1.64 bits per heavy atom. The molecule has 0 aliphatic carbocycles. The molecule has 0 saturated heterocycles. The third kappa shape index (κ3) is 3.84. The van der Waals surface area contributed by atoms with E-state index in [0.29, 0.717) is 12.2 Å². The second-order valence-corrected chi connectivity index (χ2v) is 2.66. The summed E-state index contributed by atoms with van der Waals surface area (Å²) in [7, 11) is 0. The monoisotopic (exact) mass is 199 g/mol. The lowest BCUT2D eigenvalue weighted by atomic mass is 10.3. The summed E-state index contributed by atoms with van der Waals surface area (Å²) in [6.07, 6.45) is 1.74. The molecule has 0 aliphatic rings. The van der Waals surface area contributed by atoms with E-state index >= 15 is 0 Å². The number of halogens is 1. The maximum Gasteiger partial charge on any atom is 0.303 e. The molecule has 0 atom stereocenters. The largest absolute Gasteiger partial charge is 0.493 e. The van der Waals surface area contributed by atoms with Gasteiger partial charge in [0.1, 0.15) is 5.75 Å². The Bertz CT molecular complexity index is 317. The Morgan fingerprint density at radius 3 is 3.07 bits per heavy atom. The first-order valence-corrected chi connectivity index (χ1v) is 4.14. The summed E-state index contributed by atoms with van der Waals surface area (Å²) in [5.74, 6) is -1.11. The highest BCUT2D eigenvalue weighted by atomic mass is 19.1. The zero-order valence-corrected chi connectivity index (χ0v) is 7.44. The molecule has 0 radical (unpaired) electrons. The van der Waals surface area contributed by atoms with Crippen molar-refractivity contribution in [3.05, 3.63) is 24.3 Å². The van der Waals surface area contributed by atoms with E-state index in [0.717, 1.165) is 6.07 Å². The molecule has 1 rings (SSSR count). The van der Waals surface area contributed by atoms with Gasteiger partial charge in [-0.25, -0.2) is 4.98 Å². The van der Waals surface area contributed by atoms with Gasteiger partial charge in [0.05, 0.1) is 6.61 Å². The number of rotatable bonds is 5. The number of carboxylic acids is 1. The predicted octanol–water partition coefficient (Wildman–Crippen LogP) is 1.46. The first-order chi connectivity index (χ1) is 6.68. The molecule has 0 saturated carbocycles. The molecule has 0 aromatic carbocycles. The van der Waals surface area contributed by atoms with E-state index in [4.69, 9.17) is 9.84 Å². The summed E-state index contributed by atoms with van der Waals surface area (Å²) in [4.78, 5) is 13.5. The van der Waals surface area contributed by atoms with Crippen molar-refractivity contribution in [2.75, 3.05) is 6.61 Å². The van der Waals surface area contributed by atoms with E-state index in [1.807, 2.05) is 0 Å². The lowest BCUT2D eigenvalue weighted by Crippen LogP contribution is -2.02. The minimum atomic E-state index is -0.866. The van der Waals surface area contributed by atoms with Gasteiger partial charge in [0, 0.05) is 18.7 Å². The molecule has 0 aliphatic heterocycles. The third-order valence-corrected chi connectivity index (χ3v) is 1.50. The Kier molecular flexibility index (Phi) is 3.84. The van der Waals surface area contributed by atoms with Crippen molar-refractivity contribution < 1.29 is 19.0 Å². The Balaban J connectivity index is 2.28. The number of hydrogen-bond acceptors (Lipinski definition) is 3. The highest BCUT2D eigenvalue weighted by molar-refractivity contribution is 5.66. The molecular formula is C9H10FNO3. The number of aliphatic carboxylic acids is 1. The maximum atomic E-state index is 12.5. The summed E-state index contributed by atoms with van der Waals surface area (Å²) < 4.78 is 17.6. The van der Waals surface area contributed by atoms with Gasteiger partial charge in [-0.15, -0.1) is 0 Å². The van der Waals surface area contributed by atoms with Crippen LogP contribution in [0.25, 0.3) is 0 Å². The van der Waals surface area contributed by atoms with Gasteiger partial charge in [0.2, 0.25) is 5.95 Å². The lowest BCUT2D eigenvalue weighted by molar-refractivity contribution is -0.137. The molecule has 0 unspecified atom stereocenters. The van der Waals surface area contributed by atoms with Crippen molar-refractivity contribution in [1.82, 2.24) is 4.98 Å². The first-order valence-electron chi connectivity index (χ1n) is 4.14. The zero-order valence-electron chi connectivity index (χ0n) is 7.44. The number of ether oxygens (including phenoxy) is 1. The topological polar surface area (TPSA) is 59.4 Å². The SMILES string of the molecule is O=C(O)CCCOc1ccnc(F)c1. The van der Waals surface area contributed by atoms with Gasteiger partial charge in [-0.1, -0.05) is 0 Å². The zero-order chi connectivity index (χ0) is 10.4. The molecule has 1 heterocycles. The van der Waals surface area contributed by atoms with Crippen molar-refractivity contribution >= 4 is 5.97 Å². The average Bonchev–Trinajstić information content (AvgIpc) is 2.12. The van der Waals surface area contributed by atoms with Crippen LogP contribution in [0.2, 0.25) is 0 Å². The van der Waals surface area contributed by atoms with Crippen molar-refractivity contribution in [2.24, 2.45) is 0 Å². The highest BCUT2D eigenvalue weighted by Crippen LogP contribution is 2.10. The molecule has 1 aromatic rings. The summed E-state index contributed by atoms with van der Waals surface area (Å²) in [6, 6.07) is 2.67. The van der Waals surface area contributed by atoms with Crippen molar-refractivity contribution in [2.45, 2.75) is 12.8 Å². The molecule has 5 heteroatoms. The van der Waals surface area contributed by atoms with Crippen LogP contribution in [0, 0.1) is 5.95 Å². The van der Waals surface area contributed by atoms with Crippen molar-refractivity contribution in [3.63, 3.8) is 0 Å². The van der Waals surface area contributed by atoms with Gasteiger partial charge in [-0.2, -0.15) is 4.39 Å². The molecule has 1 aromatic heterocycles. The molecule has 76 valence electrons. The second kappa shape index (κ2) is 5.16. The second-order valence-electron chi connectivity index (χ2n) is 2.66. The van der Waals surface area contributed by atoms with Crippen LogP contribution in [0.5, 0.6) is 5.75 Å². The van der Waals surface area contributed by atoms with Gasteiger partial charge in [0.25, 0.3) is 0 Å². The smallest absolute Gasteiger partial charge is 0.303 e. The van der Waals surface area contributed by atoms with Gasteiger partial charge in [-0.3, -0.25) is 4.79 Å². The van der Waals surface area contributed by atoms with E-state index in [1.165, 1.54) is 12.3 Å². The van der Waals surface area contributed by atoms with Crippen LogP contribution in [-0.2, 0) is 4.79 Å². The van der Waals surface area contributed by atoms with Crippen LogP contribution >= 0.6 is 0 Å². The normalized spacial score (nSPS) is 9.79. The van der Waals surface area contributed by atoms with Gasteiger partial charge in [-0.05, 0) is 12.5 Å². The molecule has 0 amide bonds. The van der Waals surface area contributed by atoms with E-state index in [9.17, 15) is 9.18 Å². The molecule has 14 heavy (non-hydrogen) atoms.